The van der Waals surface area contributed by atoms with Gasteiger partial charge in [-0.2, -0.15) is 4.98 Å². The topological polar surface area (TPSA) is 101 Å². The fourth-order valence-corrected chi connectivity index (χ4v) is 3.06. The summed E-state index contributed by atoms with van der Waals surface area (Å²) in [4.78, 5) is 19.1. The Kier molecular flexibility index (Phi) is 4.10. The van der Waals surface area contributed by atoms with Crippen LogP contribution >= 0.6 is 0 Å². The van der Waals surface area contributed by atoms with Gasteiger partial charge in [0.25, 0.3) is 5.89 Å². The van der Waals surface area contributed by atoms with Crippen molar-refractivity contribution in [1.29, 1.82) is 0 Å². The molecule has 0 unspecified atom stereocenters. The number of aliphatic hydroxyl groups excluding tert-OH is 1. The zero-order chi connectivity index (χ0) is 17.2. The van der Waals surface area contributed by atoms with Gasteiger partial charge in [-0.05, 0) is 25.5 Å². The summed E-state index contributed by atoms with van der Waals surface area (Å²) in [5.41, 5.74) is 1.67. The summed E-state index contributed by atoms with van der Waals surface area (Å²) in [6.07, 6.45) is 7.07. The molecule has 0 bridgehead atoms. The van der Waals surface area contributed by atoms with Gasteiger partial charge in [-0.25, -0.2) is 4.98 Å². The van der Waals surface area contributed by atoms with Crippen molar-refractivity contribution >= 4 is 5.82 Å². The van der Waals surface area contributed by atoms with Crippen LogP contribution in [-0.2, 0) is 6.42 Å². The lowest BCUT2D eigenvalue weighted by Crippen LogP contribution is -2.21. The third kappa shape index (κ3) is 3.34. The maximum absolute atomic E-state index is 10.4. The highest BCUT2D eigenvalue weighted by Gasteiger charge is 2.32. The highest BCUT2D eigenvalue weighted by Crippen LogP contribution is 2.26. The lowest BCUT2D eigenvalue weighted by molar-refractivity contribution is 0.147. The molecule has 1 aliphatic rings. The first-order chi connectivity index (χ1) is 12.2. The molecule has 1 N–H and O–H groups in total. The molecule has 0 amide bonds. The van der Waals surface area contributed by atoms with E-state index in [-0.39, 0.29) is 5.92 Å². The van der Waals surface area contributed by atoms with Gasteiger partial charge in [-0.15, -0.1) is 0 Å². The minimum Gasteiger partial charge on any atom is -0.391 e. The van der Waals surface area contributed by atoms with Crippen LogP contribution in [0.4, 0.5) is 5.82 Å². The Morgan fingerprint density at radius 3 is 2.80 bits per heavy atom. The lowest BCUT2D eigenvalue weighted by Gasteiger charge is -2.17. The van der Waals surface area contributed by atoms with E-state index < -0.39 is 6.10 Å². The Hall–Kier alpha value is -2.87. The molecular formula is C17H18N6O2. The summed E-state index contributed by atoms with van der Waals surface area (Å²) in [5.74, 6) is 1.98. The number of aryl methyl sites for hydroxylation is 1. The van der Waals surface area contributed by atoms with Gasteiger partial charge in [-0.1, -0.05) is 5.16 Å². The van der Waals surface area contributed by atoms with Crippen LogP contribution in [0.2, 0.25) is 0 Å². The van der Waals surface area contributed by atoms with Crippen LogP contribution in [0.15, 0.2) is 41.4 Å². The molecule has 1 saturated heterocycles. The van der Waals surface area contributed by atoms with Crippen LogP contribution in [0.1, 0.15) is 11.5 Å². The first kappa shape index (κ1) is 15.6. The van der Waals surface area contributed by atoms with E-state index in [0.29, 0.717) is 24.7 Å². The molecule has 0 spiro atoms. The van der Waals surface area contributed by atoms with Gasteiger partial charge in [0.1, 0.15) is 5.82 Å². The predicted octanol–water partition coefficient (Wildman–Crippen LogP) is 1.27. The molecule has 3 aromatic rings. The number of aliphatic hydroxyl groups is 1. The molecule has 1 aliphatic heterocycles. The minimum atomic E-state index is -0.415. The second kappa shape index (κ2) is 6.56. The largest absolute Gasteiger partial charge is 0.391 e. The highest BCUT2D eigenvalue weighted by molar-refractivity contribution is 5.55. The van der Waals surface area contributed by atoms with Crippen LogP contribution in [0.3, 0.4) is 0 Å². The first-order valence-corrected chi connectivity index (χ1v) is 8.13. The van der Waals surface area contributed by atoms with E-state index in [1.54, 1.807) is 31.7 Å². The fourth-order valence-electron chi connectivity index (χ4n) is 3.06. The van der Waals surface area contributed by atoms with Crippen LogP contribution in [-0.4, -0.2) is 49.4 Å². The number of hydrogen-bond acceptors (Lipinski definition) is 8. The fraction of sp³-hybridized carbons (Fsp3) is 0.353. The summed E-state index contributed by atoms with van der Waals surface area (Å²) in [5, 5.41) is 14.2. The molecule has 1 fully saturated rings. The van der Waals surface area contributed by atoms with Crippen molar-refractivity contribution in [3.8, 4) is 11.5 Å². The summed E-state index contributed by atoms with van der Waals surface area (Å²) in [6.45, 7) is 3.05. The number of anilines is 1. The number of rotatable bonds is 4. The molecule has 0 radical (unpaired) electrons. The predicted molar refractivity (Wildman–Crippen MR) is 89.7 cm³/mol. The van der Waals surface area contributed by atoms with E-state index in [9.17, 15) is 5.11 Å². The van der Waals surface area contributed by atoms with Crippen molar-refractivity contribution in [2.24, 2.45) is 5.92 Å². The molecule has 4 rings (SSSR count). The maximum Gasteiger partial charge on any atom is 0.259 e. The van der Waals surface area contributed by atoms with Crippen molar-refractivity contribution in [2.75, 3.05) is 18.0 Å². The zero-order valence-electron chi connectivity index (χ0n) is 13.8. The quantitative estimate of drug-likeness (QED) is 0.759. The zero-order valence-corrected chi connectivity index (χ0v) is 13.8. The summed E-state index contributed by atoms with van der Waals surface area (Å²) in [6, 6.07) is 3.81. The molecule has 0 aliphatic carbocycles. The second-order valence-corrected chi connectivity index (χ2v) is 6.19. The molecule has 2 atom stereocenters. The molecule has 0 saturated carbocycles. The molecule has 4 heterocycles. The number of hydrogen-bond donors (Lipinski definition) is 1. The van der Waals surface area contributed by atoms with E-state index in [0.717, 1.165) is 23.6 Å². The summed E-state index contributed by atoms with van der Waals surface area (Å²) in [7, 11) is 0. The molecular weight excluding hydrogens is 320 g/mol. The van der Waals surface area contributed by atoms with Crippen molar-refractivity contribution in [3.63, 3.8) is 0 Å². The van der Waals surface area contributed by atoms with E-state index in [4.69, 9.17) is 4.52 Å². The van der Waals surface area contributed by atoms with Crippen LogP contribution < -0.4 is 4.90 Å². The van der Waals surface area contributed by atoms with Gasteiger partial charge in [-0.3, -0.25) is 9.97 Å². The van der Waals surface area contributed by atoms with Crippen molar-refractivity contribution in [3.05, 3.63) is 48.4 Å². The number of nitrogens with zero attached hydrogens (tertiary/aromatic N) is 6. The third-order valence-corrected chi connectivity index (χ3v) is 4.34. The third-order valence-electron chi connectivity index (χ3n) is 4.34. The van der Waals surface area contributed by atoms with Gasteiger partial charge in [0.15, 0.2) is 5.82 Å². The van der Waals surface area contributed by atoms with Crippen LogP contribution in [0.5, 0.6) is 0 Å². The molecule has 8 nitrogen and oxygen atoms in total. The van der Waals surface area contributed by atoms with Gasteiger partial charge in [0, 0.05) is 43.8 Å². The van der Waals surface area contributed by atoms with Gasteiger partial charge in [0.05, 0.1) is 17.4 Å². The van der Waals surface area contributed by atoms with Crippen molar-refractivity contribution in [1.82, 2.24) is 25.1 Å². The number of pyridine rings is 1. The highest BCUT2D eigenvalue weighted by atomic mass is 16.5. The van der Waals surface area contributed by atoms with E-state index in [1.165, 1.54) is 0 Å². The smallest absolute Gasteiger partial charge is 0.259 e. The van der Waals surface area contributed by atoms with Gasteiger partial charge >= 0.3 is 0 Å². The van der Waals surface area contributed by atoms with E-state index in [1.807, 2.05) is 12.1 Å². The minimum absolute atomic E-state index is 0.108. The SMILES string of the molecule is Cc1noc(-c2ccc(N3C[C@@H](Cc4cnccn4)[C@H](O)C3)nc2)n1. The number of aromatic nitrogens is 5. The van der Waals surface area contributed by atoms with Gasteiger partial charge < -0.3 is 14.5 Å². The summed E-state index contributed by atoms with van der Waals surface area (Å²) < 4.78 is 5.15. The normalized spacial score (nSPS) is 20.2. The molecule has 8 heteroatoms. The molecule has 0 aromatic carbocycles. The maximum atomic E-state index is 10.4. The average molecular weight is 338 g/mol. The monoisotopic (exact) mass is 338 g/mol. The lowest BCUT2D eigenvalue weighted by atomic mass is 10.0. The Labute approximate surface area is 144 Å². The Morgan fingerprint density at radius 2 is 2.12 bits per heavy atom. The van der Waals surface area contributed by atoms with Gasteiger partial charge in [0.2, 0.25) is 0 Å². The number of β-amino-alcohol motifs (C(OH)–C–C–N with tert-alkyl or cyclic N) is 1. The molecule has 3 aromatic heterocycles. The standard InChI is InChI=1S/C17H18N6O2/c1-11-21-17(25-22-11)12-2-3-16(20-7-12)23-9-13(15(24)10-23)6-14-8-18-4-5-19-14/h2-5,7-8,13,15,24H,6,9-10H2,1H3/t13-,15-/m1/s1. The molecule has 128 valence electrons. The van der Waals surface area contributed by atoms with E-state index in [2.05, 4.69) is 30.0 Å². The van der Waals surface area contributed by atoms with Crippen molar-refractivity contribution < 1.29 is 9.63 Å². The average Bonchev–Trinajstić information content (AvgIpc) is 3.22. The van der Waals surface area contributed by atoms with E-state index >= 15 is 0 Å². The Morgan fingerprint density at radius 1 is 1.20 bits per heavy atom. The Bertz CT molecular complexity index is 836. The second-order valence-electron chi connectivity index (χ2n) is 6.19. The Balaban J connectivity index is 1.45. The van der Waals surface area contributed by atoms with Crippen LogP contribution in [0, 0.1) is 12.8 Å². The summed E-state index contributed by atoms with van der Waals surface area (Å²) >= 11 is 0. The van der Waals surface area contributed by atoms with Crippen LogP contribution in [0.25, 0.3) is 11.5 Å². The first-order valence-electron chi connectivity index (χ1n) is 8.13. The molecule has 25 heavy (non-hydrogen) atoms. The van der Waals surface area contributed by atoms with Crippen molar-refractivity contribution in [2.45, 2.75) is 19.4 Å².